The van der Waals surface area contributed by atoms with Crippen LogP contribution in [0.5, 0.6) is 5.88 Å². The summed E-state index contributed by atoms with van der Waals surface area (Å²) in [6, 6.07) is 6.77. The molecule has 2 aromatic heterocycles. The van der Waals surface area contributed by atoms with Crippen LogP contribution in [0.15, 0.2) is 36.7 Å². The van der Waals surface area contributed by atoms with Crippen LogP contribution < -0.4 is 9.46 Å². The number of aromatic nitrogens is 2. The third-order valence-electron chi connectivity index (χ3n) is 3.93. The molecule has 0 bridgehead atoms. The second-order valence-electron chi connectivity index (χ2n) is 6.03. The first-order valence-corrected chi connectivity index (χ1v) is 10.4. The van der Waals surface area contributed by atoms with E-state index in [2.05, 4.69) is 4.98 Å². The number of carbonyl (C=O) groups is 1. The Labute approximate surface area is 162 Å². The molecule has 2 heterocycles. The second kappa shape index (κ2) is 7.21. The summed E-state index contributed by atoms with van der Waals surface area (Å²) < 4.78 is 31.7. The van der Waals surface area contributed by atoms with Gasteiger partial charge in [0.05, 0.1) is 12.9 Å². The van der Waals surface area contributed by atoms with Crippen molar-refractivity contribution in [1.29, 1.82) is 0 Å². The number of benzene rings is 1. The molecule has 1 N–H and O–H groups in total. The lowest BCUT2D eigenvalue weighted by Gasteiger charge is -2.06. The second-order valence-corrected chi connectivity index (χ2v) is 8.19. The molecule has 0 saturated heterocycles. The fourth-order valence-electron chi connectivity index (χ4n) is 2.80. The van der Waals surface area contributed by atoms with E-state index in [0.717, 1.165) is 28.3 Å². The van der Waals surface area contributed by atoms with Crippen LogP contribution in [-0.4, -0.2) is 36.7 Å². The minimum atomic E-state index is -3.63. The van der Waals surface area contributed by atoms with E-state index >= 15 is 0 Å². The number of hydrogen-bond donors (Lipinski definition) is 1. The molecular weight excluding hydrogens is 390 g/mol. The number of halogens is 1. The van der Waals surface area contributed by atoms with Crippen molar-refractivity contribution in [1.82, 2.24) is 14.3 Å². The molecule has 7 nitrogen and oxygen atoms in total. The van der Waals surface area contributed by atoms with Crippen molar-refractivity contribution in [2.24, 2.45) is 7.05 Å². The average Bonchev–Trinajstić information content (AvgIpc) is 2.92. The minimum Gasteiger partial charge on any atom is -0.477 e. The molecule has 9 heteroatoms. The first-order valence-electron chi connectivity index (χ1n) is 8.09. The zero-order valence-electron chi connectivity index (χ0n) is 15.0. The summed E-state index contributed by atoms with van der Waals surface area (Å²) in [5.74, 6) is -0.296. The molecule has 1 amide bonds. The van der Waals surface area contributed by atoms with Crippen LogP contribution in [0, 0.1) is 0 Å². The summed E-state index contributed by atoms with van der Waals surface area (Å²) in [7, 11) is -1.79. The Morgan fingerprint density at radius 1 is 1.33 bits per heavy atom. The van der Waals surface area contributed by atoms with E-state index < -0.39 is 15.9 Å². The van der Waals surface area contributed by atoms with Crippen LogP contribution in [0.25, 0.3) is 22.0 Å². The lowest BCUT2D eigenvalue weighted by atomic mass is 10.0. The molecule has 0 aliphatic carbocycles. The number of amides is 1. The van der Waals surface area contributed by atoms with Gasteiger partial charge in [-0.1, -0.05) is 17.7 Å². The number of nitrogens with zero attached hydrogens (tertiary/aromatic N) is 2. The first kappa shape index (κ1) is 19.2. The van der Waals surface area contributed by atoms with Gasteiger partial charge in [-0.2, -0.15) is 0 Å². The zero-order chi connectivity index (χ0) is 19.8. The summed E-state index contributed by atoms with van der Waals surface area (Å²) in [5.41, 5.74) is 2.72. The largest absolute Gasteiger partial charge is 0.477 e. The molecule has 0 aliphatic rings. The number of carbonyl (C=O) groups excluding carboxylic acids is 1. The summed E-state index contributed by atoms with van der Waals surface area (Å²) in [6.45, 7) is 2.33. The monoisotopic (exact) mass is 407 g/mol. The third kappa shape index (κ3) is 4.06. The van der Waals surface area contributed by atoms with E-state index in [9.17, 15) is 13.2 Å². The molecule has 1 aromatic carbocycles. The van der Waals surface area contributed by atoms with Crippen molar-refractivity contribution in [2.75, 3.05) is 12.9 Å². The molecule has 0 unspecified atom stereocenters. The molecule has 0 atom stereocenters. The van der Waals surface area contributed by atoms with Gasteiger partial charge in [-0.3, -0.25) is 4.79 Å². The van der Waals surface area contributed by atoms with Crippen molar-refractivity contribution < 1.29 is 17.9 Å². The van der Waals surface area contributed by atoms with Gasteiger partial charge in [0.25, 0.3) is 5.91 Å². The quantitative estimate of drug-likeness (QED) is 0.702. The average molecular weight is 408 g/mol. The van der Waals surface area contributed by atoms with Gasteiger partial charge >= 0.3 is 0 Å². The maximum Gasteiger partial charge on any atom is 0.264 e. The van der Waals surface area contributed by atoms with Crippen molar-refractivity contribution in [3.05, 3.63) is 47.2 Å². The van der Waals surface area contributed by atoms with Crippen LogP contribution in [-0.2, 0) is 17.1 Å². The number of hydrogen-bond acceptors (Lipinski definition) is 5. The smallest absolute Gasteiger partial charge is 0.264 e. The zero-order valence-corrected chi connectivity index (χ0v) is 16.6. The molecule has 0 spiro atoms. The van der Waals surface area contributed by atoms with Crippen LogP contribution in [0.2, 0.25) is 5.02 Å². The summed E-state index contributed by atoms with van der Waals surface area (Å²) in [5, 5.41) is 1.30. The fraction of sp³-hybridized carbons (Fsp3) is 0.222. The third-order valence-corrected chi connectivity index (χ3v) is 4.76. The Morgan fingerprint density at radius 3 is 2.70 bits per heavy atom. The Bertz CT molecular complexity index is 1140. The van der Waals surface area contributed by atoms with E-state index in [-0.39, 0.29) is 5.56 Å². The lowest BCUT2D eigenvalue weighted by Crippen LogP contribution is -2.29. The van der Waals surface area contributed by atoms with Gasteiger partial charge < -0.3 is 9.30 Å². The Hall–Kier alpha value is -2.58. The Morgan fingerprint density at radius 2 is 2.07 bits per heavy atom. The van der Waals surface area contributed by atoms with E-state index in [1.165, 1.54) is 0 Å². The topological polar surface area (TPSA) is 90.3 Å². The highest BCUT2D eigenvalue weighted by molar-refractivity contribution is 7.89. The maximum atomic E-state index is 12.1. The number of ether oxygens (including phenoxy) is 1. The first-order chi connectivity index (χ1) is 12.7. The predicted molar refractivity (Wildman–Crippen MR) is 105 cm³/mol. The van der Waals surface area contributed by atoms with Crippen molar-refractivity contribution in [2.45, 2.75) is 6.92 Å². The normalized spacial score (nSPS) is 11.6. The van der Waals surface area contributed by atoms with Gasteiger partial charge in [0, 0.05) is 47.0 Å². The Kier molecular flexibility index (Phi) is 5.12. The maximum absolute atomic E-state index is 12.1. The molecule has 0 aliphatic heterocycles. The number of rotatable bonds is 5. The Balaban J connectivity index is 2.04. The number of sulfonamides is 1. The summed E-state index contributed by atoms with van der Waals surface area (Å²) in [4.78, 5) is 16.3. The summed E-state index contributed by atoms with van der Waals surface area (Å²) >= 11 is 6.24. The highest BCUT2D eigenvalue weighted by Gasteiger charge is 2.16. The molecule has 142 valence electrons. The number of aryl methyl sites for hydroxylation is 1. The van der Waals surface area contributed by atoms with E-state index in [1.54, 1.807) is 30.5 Å². The van der Waals surface area contributed by atoms with Gasteiger partial charge in [0.15, 0.2) is 0 Å². The molecule has 0 fully saturated rings. The lowest BCUT2D eigenvalue weighted by molar-refractivity contribution is 0.0982. The van der Waals surface area contributed by atoms with Gasteiger partial charge in [-0.05, 0) is 25.1 Å². The van der Waals surface area contributed by atoms with E-state index in [1.807, 2.05) is 29.5 Å². The SMILES string of the molecule is CCOc1ncc(-c2cn(C)c3cc(C(=O)NS(C)(=O)=O)ccc23)cc1Cl. The minimum absolute atomic E-state index is 0.253. The standard InChI is InChI=1S/C18H18ClN3O4S/c1-4-26-18-15(19)7-12(9-20-18)14-10-22(2)16-8-11(5-6-13(14)16)17(23)21-27(3,24)25/h5-10H,4H2,1-3H3,(H,21,23). The number of pyridine rings is 1. The van der Waals surface area contributed by atoms with Crippen molar-refractivity contribution in [3.8, 4) is 17.0 Å². The van der Waals surface area contributed by atoms with Crippen LogP contribution in [0.1, 0.15) is 17.3 Å². The van der Waals surface area contributed by atoms with E-state index in [4.69, 9.17) is 16.3 Å². The van der Waals surface area contributed by atoms with Crippen molar-refractivity contribution >= 4 is 38.4 Å². The highest BCUT2D eigenvalue weighted by atomic mass is 35.5. The number of nitrogens with one attached hydrogen (secondary N) is 1. The fourth-order valence-corrected chi connectivity index (χ4v) is 3.47. The van der Waals surface area contributed by atoms with Gasteiger partial charge in [0.2, 0.25) is 15.9 Å². The summed E-state index contributed by atoms with van der Waals surface area (Å²) in [6.07, 6.45) is 4.51. The predicted octanol–water partition coefficient (Wildman–Crippen LogP) is 2.98. The highest BCUT2D eigenvalue weighted by Crippen LogP contribution is 2.34. The van der Waals surface area contributed by atoms with Gasteiger partial charge in [-0.25, -0.2) is 18.1 Å². The van der Waals surface area contributed by atoms with Gasteiger partial charge in [-0.15, -0.1) is 0 Å². The van der Waals surface area contributed by atoms with Crippen LogP contribution >= 0.6 is 11.6 Å². The molecule has 0 saturated carbocycles. The van der Waals surface area contributed by atoms with Crippen molar-refractivity contribution in [3.63, 3.8) is 0 Å². The molecule has 3 aromatic rings. The van der Waals surface area contributed by atoms with E-state index in [0.29, 0.717) is 17.5 Å². The molecule has 27 heavy (non-hydrogen) atoms. The molecule has 3 rings (SSSR count). The van der Waals surface area contributed by atoms with Crippen LogP contribution in [0.4, 0.5) is 0 Å². The molecule has 0 radical (unpaired) electrons. The molecular formula is C18H18ClN3O4S. The van der Waals surface area contributed by atoms with Gasteiger partial charge in [0.1, 0.15) is 5.02 Å². The van der Waals surface area contributed by atoms with Crippen LogP contribution in [0.3, 0.4) is 0 Å². The number of fused-ring (bicyclic) bond motifs is 1.